The molecule has 0 bridgehead atoms. The Bertz CT molecular complexity index is 338. The van der Waals surface area contributed by atoms with Crippen molar-refractivity contribution in [3.8, 4) is 0 Å². The predicted octanol–water partition coefficient (Wildman–Crippen LogP) is 3.12. The van der Waals surface area contributed by atoms with E-state index in [0.29, 0.717) is 12.0 Å². The van der Waals surface area contributed by atoms with Gasteiger partial charge in [0.25, 0.3) is 0 Å². The number of nitrogens with one attached hydrogen (secondary N) is 1. The summed E-state index contributed by atoms with van der Waals surface area (Å²) in [7, 11) is 0. The molecular formula is C16H30N2O2S. The third kappa shape index (κ3) is 6.07. The molecule has 4 nitrogen and oxygen atoms in total. The van der Waals surface area contributed by atoms with Gasteiger partial charge in [-0.25, -0.2) is 4.79 Å². The molecule has 1 amide bonds. The highest BCUT2D eigenvalue weighted by atomic mass is 32.2. The van der Waals surface area contributed by atoms with Crippen LogP contribution >= 0.6 is 11.8 Å². The van der Waals surface area contributed by atoms with E-state index < -0.39 is 5.60 Å². The molecule has 5 heteroatoms. The third-order valence-electron chi connectivity index (χ3n) is 4.03. The van der Waals surface area contributed by atoms with E-state index >= 15 is 0 Å². The number of ether oxygens (including phenoxy) is 1. The van der Waals surface area contributed by atoms with Gasteiger partial charge in [-0.1, -0.05) is 0 Å². The Morgan fingerprint density at radius 1 is 1.33 bits per heavy atom. The highest BCUT2D eigenvalue weighted by molar-refractivity contribution is 7.99. The fourth-order valence-electron chi connectivity index (χ4n) is 2.96. The van der Waals surface area contributed by atoms with Gasteiger partial charge < -0.3 is 15.0 Å². The van der Waals surface area contributed by atoms with Crippen LogP contribution in [-0.4, -0.2) is 53.8 Å². The van der Waals surface area contributed by atoms with Crippen molar-refractivity contribution in [2.75, 3.05) is 31.1 Å². The first-order valence-corrected chi connectivity index (χ1v) is 9.38. The number of carbonyl (C=O) groups excluding carboxylic acids is 1. The molecular weight excluding hydrogens is 284 g/mol. The Labute approximate surface area is 133 Å². The molecule has 0 aromatic rings. The van der Waals surface area contributed by atoms with Crippen molar-refractivity contribution >= 4 is 17.9 Å². The van der Waals surface area contributed by atoms with E-state index in [9.17, 15) is 4.79 Å². The molecule has 2 rings (SSSR count). The Morgan fingerprint density at radius 2 is 2.14 bits per heavy atom. The molecule has 122 valence electrons. The van der Waals surface area contributed by atoms with Crippen LogP contribution in [0, 0.1) is 5.92 Å². The molecule has 2 unspecified atom stereocenters. The van der Waals surface area contributed by atoms with Gasteiger partial charge in [0.15, 0.2) is 0 Å². The average Bonchev–Trinajstić information content (AvgIpc) is 2.45. The lowest BCUT2D eigenvalue weighted by atomic mass is 9.98. The highest BCUT2D eigenvalue weighted by Gasteiger charge is 2.28. The molecule has 0 saturated carbocycles. The molecule has 2 heterocycles. The van der Waals surface area contributed by atoms with Gasteiger partial charge >= 0.3 is 6.09 Å². The quantitative estimate of drug-likeness (QED) is 0.869. The molecule has 0 aliphatic carbocycles. The monoisotopic (exact) mass is 314 g/mol. The Kier molecular flexibility index (Phi) is 6.23. The number of piperidine rings is 1. The molecule has 2 fully saturated rings. The van der Waals surface area contributed by atoms with Crippen molar-refractivity contribution in [3.05, 3.63) is 0 Å². The number of rotatable bonds is 3. The molecule has 1 N–H and O–H groups in total. The van der Waals surface area contributed by atoms with Crippen LogP contribution in [0.25, 0.3) is 0 Å². The zero-order valence-corrected chi connectivity index (χ0v) is 14.5. The molecule has 0 spiro atoms. The molecule has 21 heavy (non-hydrogen) atoms. The number of amides is 1. The van der Waals surface area contributed by atoms with Gasteiger partial charge in [0.05, 0.1) is 0 Å². The maximum absolute atomic E-state index is 12.1. The second-order valence-corrected chi connectivity index (χ2v) is 8.41. The van der Waals surface area contributed by atoms with Gasteiger partial charge in [-0.05, 0) is 64.7 Å². The van der Waals surface area contributed by atoms with Crippen LogP contribution in [0.3, 0.4) is 0 Å². The van der Waals surface area contributed by atoms with Crippen LogP contribution in [0.4, 0.5) is 4.79 Å². The van der Waals surface area contributed by atoms with Crippen LogP contribution in [0.1, 0.15) is 46.5 Å². The lowest BCUT2D eigenvalue weighted by Crippen LogP contribution is -2.46. The minimum absolute atomic E-state index is 0.152. The fourth-order valence-corrected chi connectivity index (χ4v) is 4.07. The SMILES string of the molecule is CC(C)(C)OC(=O)N1CCCC(CNC2CCCSC2)C1. The van der Waals surface area contributed by atoms with Gasteiger partial charge in [-0.15, -0.1) is 0 Å². The lowest BCUT2D eigenvalue weighted by Gasteiger charge is -2.35. The lowest BCUT2D eigenvalue weighted by molar-refractivity contribution is 0.0165. The van der Waals surface area contributed by atoms with E-state index in [1.807, 2.05) is 25.7 Å². The molecule has 0 radical (unpaired) electrons. The van der Waals surface area contributed by atoms with Crippen molar-refractivity contribution < 1.29 is 9.53 Å². The molecule has 2 saturated heterocycles. The summed E-state index contributed by atoms with van der Waals surface area (Å²) >= 11 is 2.05. The summed E-state index contributed by atoms with van der Waals surface area (Å²) in [4.78, 5) is 14.0. The number of hydrogen-bond acceptors (Lipinski definition) is 4. The maximum Gasteiger partial charge on any atom is 0.410 e. The number of carbonyl (C=O) groups is 1. The van der Waals surface area contributed by atoms with Gasteiger partial charge in [-0.3, -0.25) is 0 Å². The number of nitrogens with zero attached hydrogens (tertiary/aromatic N) is 1. The van der Waals surface area contributed by atoms with E-state index in [2.05, 4.69) is 17.1 Å². The first-order valence-electron chi connectivity index (χ1n) is 8.23. The summed E-state index contributed by atoms with van der Waals surface area (Å²) in [5.74, 6) is 3.12. The largest absolute Gasteiger partial charge is 0.444 e. The Hall–Kier alpha value is -0.420. The predicted molar refractivity (Wildman–Crippen MR) is 88.9 cm³/mol. The van der Waals surface area contributed by atoms with E-state index in [-0.39, 0.29) is 6.09 Å². The molecule has 0 aromatic heterocycles. The smallest absolute Gasteiger partial charge is 0.410 e. The van der Waals surface area contributed by atoms with Crippen molar-refractivity contribution in [1.82, 2.24) is 10.2 Å². The molecule has 2 atom stereocenters. The van der Waals surface area contributed by atoms with Gasteiger partial charge in [-0.2, -0.15) is 11.8 Å². The maximum atomic E-state index is 12.1. The van der Waals surface area contributed by atoms with Crippen LogP contribution < -0.4 is 5.32 Å². The average molecular weight is 314 g/mol. The van der Waals surface area contributed by atoms with Crippen LogP contribution in [0.2, 0.25) is 0 Å². The minimum Gasteiger partial charge on any atom is -0.444 e. The summed E-state index contributed by atoms with van der Waals surface area (Å²) in [5, 5.41) is 3.70. The van der Waals surface area contributed by atoms with Crippen molar-refractivity contribution in [1.29, 1.82) is 0 Å². The normalized spacial score (nSPS) is 27.5. The highest BCUT2D eigenvalue weighted by Crippen LogP contribution is 2.21. The second-order valence-electron chi connectivity index (χ2n) is 7.26. The molecule has 2 aliphatic rings. The summed E-state index contributed by atoms with van der Waals surface area (Å²) in [6.07, 6.45) is 4.78. The molecule has 2 aliphatic heterocycles. The first kappa shape index (κ1) is 16.9. The summed E-state index contributed by atoms with van der Waals surface area (Å²) in [6, 6.07) is 0.667. The second kappa shape index (κ2) is 7.73. The minimum atomic E-state index is -0.401. The fraction of sp³-hybridized carbons (Fsp3) is 0.938. The van der Waals surface area contributed by atoms with Crippen molar-refractivity contribution in [2.24, 2.45) is 5.92 Å². The third-order valence-corrected chi connectivity index (χ3v) is 5.24. The summed E-state index contributed by atoms with van der Waals surface area (Å²) < 4.78 is 5.48. The Morgan fingerprint density at radius 3 is 2.81 bits per heavy atom. The Balaban J connectivity index is 1.73. The van der Waals surface area contributed by atoms with E-state index in [4.69, 9.17) is 4.74 Å². The topological polar surface area (TPSA) is 41.6 Å². The summed E-state index contributed by atoms with van der Waals surface area (Å²) in [5.41, 5.74) is -0.401. The van der Waals surface area contributed by atoms with E-state index in [1.54, 1.807) is 0 Å². The van der Waals surface area contributed by atoms with Gasteiger partial charge in [0, 0.05) is 24.9 Å². The van der Waals surface area contributed by atoms with Crippen molar-refractivity contribution in [2.45, 2.75) is 58.1 Å². The van der Waals surface area contributed by atoms with Crippen LogP contribution in [0.15, 0.2) is 0 Å². The molecule has 0 aromatic carbocycles. The van der Waals surface area contributed by atoms with E-state index in [1.165, 1.54) is 30.8 Å². The number of hydrogen-bond donors (Lipinski definition) is 1. The van der Waals surface area contributed by atoms with Gasteiger partial charge in [0.2, 0.25) is 0 Å². The first-order chi connectivity index (χ1) is 9.94. The van der Waals surface area contributed by atoms with Crippen LogP contribution in [0.5, 0.6) is 0 Å². The number of likely N-dealkylation sites (tertiary alicyclic amines) is 1. The standard InChI is InChI=1S/C16H30N2O2S/c1-16(2,3)20-15(19)18-8-4-6-13(11-18)10-17-14-7-5-9-21-12-14/h13-14,17H,4-12H2,1-3H3. The zero-order valence-electron chi connectivity index (χ0n) is 13.7. The van der Waals surface area contributed by atoms with Gasteiger partial charge in [0.1, 0.15) is 5.60 Å². The van der Waals surface area contributed by atoms with E-state index in [0.717, 1.165) is 26.1 Å². The number of thioether (sulfide) groups is 1. The zero-order chi connectivity index (χ0) is 15.3. The summed E-state index contributed by atoms with van der Waals surface area (Å²) in [6.45, 7) is 8.48. The van der Waals surface area contributed by atoms with Crippen molar-refractivity contribution in [3.63, 3.8) is 0 Å². The van der Waals surface area contributed by atoms with Crippen LogP contribution in [-0.2, 0) is 4.74 Å².